The minimum Gasteiger partial charge on any atom is -0.365 e. The number of hydrogen-bond acceptors (Lipinski definition) is 3. The number of rotatable bonds is 6. The molecule has 0 fully saturated rings. The van der Waals surface area contributed by atoms with Gasteiger partial charge >= 0.3 is 0 Å². The van der Waals surface area contributed by atoms with Gasteiger partial charge in [-0.25, -0.2) is 0 Å². The van der Waals surface area contributed by atoms with Crippen LogP contribution in [0.25, 0.3) is 0 Å². The molecule has 0 saturated heterocycles. The third-order valence-corrected chi connectivity index (χ3v) is 4.25. The Bertz CT molecular complexity index is 744. The van der Waals surface area contributed by atoms with Crippen LogP contribution in [0.2, 0.25) is 0 Å². The number of likely N-dealkylation sites (N-methyl/N-ethyl adjacent to an activating group) is 2. The lowest BCUT2D eigenvalue weighted by Gasteiger charge is -2.23. The van der Waals surface area contributed by atoms with E-state index in [4.69, 9.17) is 0 Å². The zero-order chi connectivity index (χ0) is 18.4. The van der Waals surface area contributed by atoms with Crippen molar-refractivity contribution in [3.63, 3.8) is 0 Å². The Kier molecular flexibility index (Phi) is 6.17. The normalized spacial score (nSPS) is 10.2. The molecule has 0 unspecified atom stereocenters. The summed E-state index contributed by atoms with van der Waals surface area (Å²) >= 11 is 0. The van der Waals surface area contributed by atoms with Gasteiger partial charge in [-0.2, -0.15) is 0 Å². The number of anilines is 2. The van der Waals surface area contributed by atoms with Gasteiger partial charge in [0, 0.05) is 25.5 Å². The first-order valence-corrected chi connectivity index (χ1v) is 8.24. The second-order valence-electron chi connectivity index (χ2n) is 6.24. The molecule has 2 rings (SSSR count). The van der Waals surface area contributed by atoms with Crippen LogP contribution in [0.5, 0.6) is 0 Å². The number of hydrogen-bond donors (Lipinski definition) is 1. The zero-order valence-corrected chi connectivity index (χ0v) is 15.2. The molecule has 0 aliphatic rings. The van der Waals surface area contributed by atoms with Crippen molar-refractivity contribution in [2.45, 2.75) is 13.8 Å². The van der Waals surface area contributed by atoms with Crippen molar-refractivity contribution in [3.05, 3.63) is 59.7 Å². The van der Waals surface area contributed by atoms with Crippen molar-refractivity contribution in [1.82, 2.24) is 4.90 Å². The molecule has 2 aromatic carbocycles. The van der Waals surface area contributed by atoms with E-state index in [1.807, 2.05) is 74.3 Å². The summed E-state index contributed by atoms with van der Waals surface area (Å²) < 4.78 is 0. The topological polar surface area (TPSA) is 52.7 Å². The quantitative estimate of drug-likeness (QED) is 0.880. The Labute approximate surface area is 149 Å². The second kappa shape index (κ2) is 8.33. The van der Waals surface area contributed by atoms with E-state index < -0.39 is 0 Å². The van der Waals surface area contributed by atoms with Gasteiger partial charge in [0.2, 0.25) is 11.8 Å². The van der Waals surface area contributed by atoms with Crippen LogP contribution in [0, 0.1) is 13.8 Å². The molecule has 0 aliphatic carbocycles. The van der Waals surface area contributed by atoms with Crippen molar-refractivity contribution in [1.29, 1.82) is 0 Å². The van der Waals surface area contributed by atoms with E-state index in [2.05, 4.69) is 5.32 Å². The maximum atomic E-state index is 12.3. The summed E-state index contributed by atoms with van der Waals surface area (Å²) in [6.07, 6.45) is 0. The maximum Gasteiger partial charge on any atom is 0.243 e. The molecule has 0 heterocycles. The molecule has 5 heteroatoms. The highest BCUT2D eigenvalue weighted by molar-refractivity contribution is 5.95. The molecule has 0 radical (unpaired) electrons. The van der Waals surface area contributed by atoms with E-state index >= 15 is 0 Å². The summed E-state index contributed by atoms with van der Waals surface area (Å²) in [7, 11) is 3.50. The molecular formula is C20H25N3O2. The predicted molar refractivity (Wildman–Crippen MR) is 102 cm³/mol. The summed E-state index contributed by atoms with van der Waals surface area (Å²) in [5, 5.41) is 2.88. The van der Waals surface area contributed by atoms with Crippen molar-refractivity contribution in [2.24, 2.45) is 0 Å². The third kappa shape index (κ3) is 5.08. The van der Waals surface area contributed by atoms with E-state index in [1.165, 1.54) is 4.90 Å². The molecule has 0 saturated carbocycles. The first-order valence-electron chi connectivity index (χ1n) is 8.24. The highest BCUT2D eigenvalue weighted by Gasteiger charge is 2.16. The number of nitrogens with zero attached hydrogens (tertiary/aromatic N) is 2. The second-order valence-corrected chi connectivity index (χ2v) is 6.24. The first kappa shape index (κ1) is 18.5. The van der Waals surface area contributed by atoms with E-state index in [1.54, 1.807) is 7.05 Å². The van der Waals surface area contributed by atoms with Crippen LogP contribution in [0.4, 0.5) is 11.4 Å². The van der Waals surface area contributed by atoms with Gasteiger partial charge in [0.05, 0.1) is 13.1 Å². The molecule has 2 amide bonds. The Morgan fingerprint density at radius 1 is 0.920 bits per heavy atom. The lowest BCUT2D eigenvalue weighted by atomic mass is 10.1. The average molecular weight is 339 g/mol. The molecule has 5 nitrogen and oxygen atoms in total. The fraction of sp³-hybridized carbons (Fsp3) is 0.300. The van der Waals surface area contributed by atoms with Crippen molar-refractivity contribution >= 4 is 23.2 Å². The fourth-order valence-electron chi connectivity index (χ4n) is 2.48. The molecule has 0 bridgehead atoms. The van der Waals surface area contributed by atoms with Gasteiger partial charge in [-0.3, -0.25) is 9.59 Å². The minimum atomic E-state index is -0.202. The average Bonchev–Trinajstić information content (AvgIpc) is 2.59. The number of amides is 2. The van der Waals surface area contributed by atoms with Crippen molar-refractivity contribution < 1.29 is 9.59 Å². The fourth-order valence-corrected chi connectivity index (χ4v) is 2.48. The summed E-state index contributed by atoms with van der Waals surface area (Å²) in [4.78, 5) is 27.9. The summed E-state index contributed by atoms with van der Waals surface area (Å²) in [5.41, 5.74) is 3.90. The van der Waals surface area contributed by atoms with E-state index in [-0.39, 0.29) is 24.9 Å². The van der Waals surface area contributed by atoms with Gasteiger partial charge in [0.15, 0.2) is 0 Å². The van der Waals surface area contributed by atoms with Crippen LogP contribution in [-0.4, -0.2) is 43.9 Å². The SMILES string of the molecule is Cc1cccc(NC(=O)CN(C)C(=O)CN(C)c2ccccc2)c1C. The van der Waals surface area contributed by atoms with Crippen molar-refractivity contribution in [3.8, 4) is 0 Å². The minimum absolute atomic E-state index is 0.0227. The monoisotopic (exact) mass is 339 g/mol. The molecule has 25 heavy (non-hydrogen) atoms. The van der Waals surface area contributed by atoms with Crippen molar-refractivity contribution in [2.75, 3.05) is 37.4 Å². The molecule has 0 spiro atoms. The first-order chi connectivity index (χ1) is 11.9. The molecule has 2 aromatic rings. The van der Waals surface area contributed by atoms with E-state index in [0.29, 0.717) is 0 Å². The Balaban J connectivity index is 1.90. The summed E-state index contributed by atoms with van der Waals surface area (Å²) in [6.45, 7) is 4.21. The Morgan fingerprint density at radius 2 is 1.60 bits per heavy atom. The Morgan fingerprint density at radius 3 is 2.28 bits per heavy atom. The molecule has 132 valence electrons. The van der Waals surface area contributed by atoms with Gasteiger partial charge in [-0.1, -0.05) is 30.3 Å². The summed E-state index contributed by atoms with van der Waals surface area (Å²) in [6, 6.07) is 15.5. The molecule has 0 atom stereocenters. The maximum absolute atomic E-state index is 12.3. The number of para-hydroxylation sites is 1. The lowest BCUT2D eigenvalue weighted by molar-refractivity contribution is -0.132. The van der Waals surface area contributed by atoms with Crippen LogP contribution < -0.4 is 10.2 Å². The smallest absolute Gasteiger partial charge is 0.243 e. The van der Waals surface area contributed by atoms with Crippen LogP contribution in [-0.2, 0) is 9.59 Å². The number of benzene rings is 2. The number of carbonyl (C=O) groups excluding carboxylic acids is 2. The van der Waals surface area contributed by atoms with Crippen LogP contribution in [0.3, 0.4) is 0 Å². The molecule has 1 N–H and O–H groups in total. The zero-order valence-electron chi connectivity index (χ0n) is 15.2. The van der Waals surface area contributed by atoms with E-state index in [9.17, 15) is 9.59 Å². The van der Waals surface area contributed by atoms with Gasteiger partial charge < -0.3 is 15.1 Å². The van der Waals surface area contributed by atoms with E-state index in [0.717, 1.165) is 22.5 Å². The van der Waals surface area contributed by atoms with Gasteiger partial charge in [0.25, 0.3) is 0 Å². The third-order valence-electron chi connectivity index (χ3n) is 4.25. The van der Waals surface area contributed by atoms with Gasteiger partial charge in [-0.15, -0.1) is 0 Å². The van der Waals surface area contributed by atoms with Crippen LogP contribution in [0.1, 0.15) is 11.1 Å². The molecular weight excluding hydrogens is 314 g/mol. The van der Waals surface area contributed by atoms with Crippen LogP contribution in [0.15, 0.2) is 48.5 Å². The van der Waals surface area contributed by atoms with Crippen LogP contribution >= 0.6 is 0 Å². The molecule has 0 aromatic heterocycles. The number of carbonyl (C=O) groups is 2. The highest BCUT2D eigenvalue weighted by Crippen LogP contribution is 2.17. The molecule has 0 aliphatic heterocycles. The largest absolute Gasteiger partial charge is 0.365 e. The van der Waals surface area contributed by atoms with Gasteiger partial charge in [-0.05, 0) is 43.2 Å². The highest BCUT2D eigenvalue weighted by atomic mass is 16.2. The number of aryl methyl sites for hydroxylation is 1. The predicted octanol–water partition coefficient (Wildman–Crippen LogP) is 2.84. The van der Waals surface area contributed by atoms with Gasteiger partial charge in [0.1, 0.15) is 0 Å². The summed E-state index contributed by atoms with van der Waals surface area (Å²) in [5.74, 6) is -0.311. The standard InChI is InChI=1S/C20H25N3O2/c1-15-9-8-12-18(16(15)2)21-19(24)13-23(4)20(25)14-22(3)17-10-6-5-7-11-17/h5-12H,13-14H2,1-4H3,(H,21,24). The number of nitrogens with one attached hydrogen (secondary N) is 1. The lowest BCUT2D eigenvalue weighted by Crippen LogP contribution is -2.40. The Hall–Kier alpha value is -2.82.